The summed E-state index contributed by atoms with van der Waals surface area (Å²) in [6.07, 6.45) is -0.724. The van der Waals surface area contributed by atoms with Crippen molar-refractivity contribution < 1.29 is 18.7 Å². The van der Waals surface area contributed by atoms with E-state index >= 15 is 0 Å². The molecule has 0 saturated carbocycles. The van der Waals surface area contributed by atoms with Gasteiger partial charge in [0.05, 0.1) is 0 Å². The summed E-state index contributed by atoms with van der Waals surface area (Å²) in [5, 5.41) is 0. The van der Waals surface area contributed by atoms with Crippen molar-refractivity contribution in [3.63, 3.8) is 0 Å². The van der Waals surface area contributed by atoms with Crippen LogP contribution in [0.25, 0.3) is 0 Å². The lowest BCUT2D eigenvalue weighted by Crippen LogP contribution is -2.37. The molecule has 0 bridgehead atoms. The van der Waals surface area contributed by atoms with Crippen molar-refractivity contribution in [3.8, 4) is 11.5 Å². The molecule has 0 radical (unpaired) electrons. The van der Waals surface area contributed by atoms with Crippen LogP contribution in [-0.2, 0) is 11.2 Å². The van der Waals surface area contributed by atoms with Crippen molar-refractivity contribution in [2.75, 3.05) is 6.61 Å². The second-order valence-electron chi connectivity index (χ2n) is 4.74. The predicted octanol–water partition coefficient (Wildman–Crippen LogP) is 3.54. The molecule has 1 aliphatic heterocycles. The van der Waals surface area contributed by atoms with E-state index < -0.39 is 11.9 Å². The topological polar surface area (TPSA) is 35.5 Å². The minimum atomic E-state index is -0.706. The van der Waals surface area contributed by atoms with Gasteiger partial charge in [0.15, 0.2) is 23.4 Å². The van der Waals surface area contributed by atoms with E-state index in [4.69, 9.17) is 9.47 Å². The van der Waals surface area contributed by atoms with Gasteiger partial charge in [-0.1, -0.05) is 34.1 Å². The van der Waals surface area contributed by atoms with Crippen molar-refractivity contribution in [1.29, 1.82) is 0 Å². The van der Waals surface area contributed by atoms with E-state index in [9.17, 15) is 9.18 Å². The Kier molecular flexibility index (Phi) is 3.92. The van der Waals surface area contributed by atoms with Gasteiger partial charge in [-0.25, -0.2) is 4.39 Å². The SMILES string of the molecule is O=C(Cc1ccc(Br)cc1F)C1COc2ccccc2O1. The van der Waals surface area contributed by atoms with E-state index in [-0.39, 0.29) is 18.8 Å². The Balaban J connectivity index is 1.72. The van der Waals surface area contributed by atoms with Crippen LogP contribution in [0, 0.1) is 5.82 Å². The average Bonchev–Trinajstić information content (AvgIpc) is 2.49. The lowest BCUT2D eigenvalue weighted by atomic mass is 10.0. The van der Waals surface area contributed by atoms with Gasteiger partial charge in [0.25, 0.3) is 0 Å². The van der Waals surface area contributed by atoms with Crippen molar-refractivity contribution in [2.45, 2.75) is 12.5 Å². The van der Waals surface area contributed by atoms with Gasteiger partial charge in [-0.05, 0) is 29.8 Å². The normalized spacial score (nSPS) is 16.6. The van der Waals surface area contributed by atoms with E-state index in [0.29, 0.717) is 21.5 Å². The maximum Gasteiger partial charge on any atom is 0.191 e. The molecule has 2 aromatic carbocycles. The number of rotatable bonds is 3. The first-order valence-electron chi connectivity index (χ1n) is 6.48. The number of para-hydroxylation sites is 2. The standard InChI is InChI=1S/C16H12BrFO3/c17-11-6-5-10(12(18)8-11)7-13(19)16-9-20-14-3-1-2-4-15(14)21-16/h1-6,8,16H,7,9H2. The maximum atomic E-state index is 13.8. The minimum absolute atomic E-state index is 0.0185. The van der Waals surface area contributed by atoms with Crippen molar-refractivity contribution in [1.82, 2.24) is 0 Å². The summed E-state index contributed by atoms with van der Waals surface area (Å²) in [4.78, 5) is 12.2. The Bertz CT molecular complexity index is 687. The van der Waals surface area contributed by atoms with Crippen LogP contribution >= 0.6 is 15.9 Å². The lowest BCUT2D eigenvalue weighted by molar-refractivity contribution is -0.127. The van der Waals surface area contributed by atoms with E-state index in [1.165, 1.54) is 6.07 Å². The fraction of sp³-hybridized carbons (Fsp3) is 0.188. The van der Waals surface area contributed by atoms with Gasteiger partial charge in [0, 0.05) is 10.9 Å². The van der Waals surface area contributed by atoms with Crippen molar-refractivity contribution in [2.24, 2.45) is 0 Å². The molecule has 0 aromatic heterocycles. The maximum absolute atomic E-state index is 13.8. The summed E-state index contributed by atoms with van der Waals surface area (Å²) in [5.74, 6) is 0.551. The Labute approximate surface area is 129 Å². The molecule has 0 fully saturated rings. The molecule has 0 amide bonds. The Morgan fingerprint density at radius 3 is 2.76 bits per heavy atom. The third-order valence-electron chi connectivity index (χ3n) is 3.25. The number of halogens is 2. The number of fused-ring (bicyclic) bond motifs is 1. The monoisotopic (exact) mass is 350 g/mol. The van der Waals surface area contributed by atoms with Crippen molar-refractivity contribution >= 4 is 21.7 Å². The van der Waals surface area contributed by atoms with E-state index in [0.717, 1.165) is 0 Å². The van der Waals surface area contributed by atoms with Crippen LogP contribution in [0.2, 0.25) is 0 Å². The number of hydrogen-bond donors (Lipinski definition) is 0. The average molecular weight is 351 g/mol. The summed E-state index contributed by atoms with van der Waals surface area (Å²) >= 11 is 3.19. The van der Waals surface area contributed by atoms with E-state index in [2.05, 4.69) is 15.9 Å². The fourth-order valence-corrected chi connectivity index (χ4v) is 2.48. The zero-order valence-electron chi connectivity index (χ0n) is 11.0. The van der Waals surface area contributed by atoms with Crippen molar-refractivity contribution in [3.05, 3.63) is 58.3 Å². The predicted molar refractivity (Wildman–Crippen MR) is 79.2 cm³/mol. The first-order chi connectivity index (χ1) is 10.1. The van der Waals surface area contributed by atoms with Gasteiger partial charge >= 0.3 is 0 Å². The summed E-state index contributed by atoms with van der Waals surface area (Å²) < 4.78 is 25.5. The molecule has 2 aromatic rings. The fourth-order valence-electron chi connectivity index (χ4n) is 2.14. The van der Waals surface area contributed by atoms with E-state index in [1.54, 1.807) is 24.3 Å². The Morgan fingerprint density at radius 1 is 1.24 bits per heavy atom. The van der Waals surface area contributed by atoms with Gasteiger partial charge in [0.1, 0.15) is 12.4 Å². The molecule has 5 heteroatoms. The van der Waals surface area contributed by atoms with E-state index in [1.807, 2.05) is 12.1 Å². The van der Waals surface area contributed by atoms with Gasteiger partial charge in [0.2, 0.25) is 0 Å². The molecular weight excluding hydrogens is 339 g/mol. The highest BCUT2D eigenvalue weighted by molar-refractivity contribution is 9.10. The molecule has 1 unspecified atom stereocenters. The number of Topliss-reactive ketones (excluding diaryl/α,β-unsaturated/α-hetero) is 1. The molecule has 3 rings (SSSR count). The highest BCUT2D eigenvalue weighted by Gasteiger charge is 2.27. The third kappa shape index (κ3) is 3.08. The number of benzene rings is 2. The van der Waals surface area contributed by atoms with Crippen LogP contribution in [0.3, 0.4) is 0 Å². The Hall–Kier alpha value is -1.88. The molecule has 0 aliphatic carbocycles. The number of ketones is 1. The molecule has 1 atom stereocenters. The second-order valence-corrected chi connectivity index (χ2v) is 5.66. The molecule has 108 valence electrons. The summed E-state index contributed by atoms with van der Waals surface area (Å²) in [5.41, 5.74) is 0.352. The molecule has 0 N–H and O–H groups in total. The van der Waals surface area contributed by atoms with Crippen LogP contribution in [0.15, 0.2) is 46.9 Å². The molecule has 1 aliphatic rings. The molecule has 0 saturated heterocycles. The molecule has 1 heterocycles. The van der Waals surface area contributed by atoms with Gasteiger partial charge in [-0.15, -0.1) is 0 Å². The summed E-state index contributed by atoms with van der Waals surface area (Å²) in [6, 6.07) is 11.8. The summed E-state index contributed by atoms with van der Waals surface area (Å²) in [6.45, 7) is 0.147. The first kappa shape index (κ1) is 14.1. The summed E-state index contributed by atoms with van der Waals surface area (Å²) in [7, 11) is 0. The highest BCUT2D eigenvalue weighted by Crippen LogP contribution is 2.31. The smallest absolute Gasteiger partial charge is 0.191 e. The van der Waals surface area contributed by atoms with Gasteiger partial charge in [-0.3, -0.25) is 4.79 Å². The quantitative estimate of drug-likeness (QED) is 0.849. The number of carbonyl (C=O) groups is 1. The minimum Gasteiger partial charge on any atom is -0.485 e. The molecular formula is C16H12BrFO3. The Morgan fingerprint density at radius 2 is 2.00 bits per heavy atom. The number of ether oxygens (including phenoxy) is 2. The lowest BCUT2D eigenvalue weighted by Gasteiger charge is -2.25. The van der Waals surface area contributed by atoms with Crippen LogP contribution < -0.4 is 9.47 Å². The molecule has 3 nitrogen and oxygen atoms in total. The third-order valence-corrected chi connectivity index (χ3v) is 3.74. The van der Waals surface area contributed by atoms with Crippen LogP contribution in [0.4, 0.5) is 4.39 Å². The second kappa shape index (κ2) is 5.85. The van der Waals surface area contributed by atoms with Crippen LogP contribution in [0.5, 0.6) is 11.5 Å². The van der Waals surface area contributed by atoms with Crippen LogP contribution in [0.1, 0.15) is 5.56 Å². The highest BCUT2D eigenvalue weighted by atomic mass is 79.9. The zero-order valence-corrected chi connectivity index (χ0v) is 12.6. The molecule has 0 spiro atoms. The zero-order chi connectivity index (χ0) is 14.8. The first-order valence-corrected chi connectivity index (χ1v) is 7.28. The van der Waals surface area contributed by atoms with Gasteiger partial charge < -0.3 is 9.47 Å². The largest absolute Gasteiger partial charge is 0.485 e. The number of hydrogen-bond acceptors (Lipinski definition) is 3. The number of carbonyl (C=O) groups excluding carboxylic acids is 1. The molecule has 21 heavy (non-hydrogen) atoms. The van der Waals surface area contributed by atoms with Gasteiger partial charge in [-0.2, -0.15) is 0 Å². The van der Waals surface area contributed by atoms with Crippen LogP contribution in [-0.4, -0.2) is 18.5 Å².